The smallest absolute Gasteiger partial charge is 0.255 e. The fourth-order valence-electron chi connectivity index (χ4n) is 3.76. The normalized spacial score (nSPS) is 17.2. The van der Waals surface area contributed by atoms with E-state index in [1.165, 1.54) is 28.1 Å². The minimum atomic E-state index is -3.71. The predicted octanol–water partition coefficient (Wildman–Crippen LogP) is 3.71. The molecule has 2 aromatic carbocycles. The Labute approximate surface area is 171 Å². The van der Waals surface area contributed by atoms with Gasteiger partial charge in [-0.2, -0.15) is 4.31 Å². The van der Waals surface area contributed by atoms with Crippen molar-refractivity contribution in [3.63, 3.8) is 0 Å². The average molecular weight is 419 g/mol. The molecule has 1 heterocycles. The molecule has 0 unspecified atom stereocenters. The van der Waals surface area contributed by atoms with Gasteiger partial charge in [0.25, 0.3) is 5.91 Å². The predicted molar refractivity (Wildman–Crippen MR) is 109 cm³/mol. The average Bonchev–Trinajstić information content (AvgIpc) is 3.53. The first-order valence-electron chi connectivity index (χ1n) is 9.59. The van der Waals surface area contributed by atoms with Gasteiger partial charge in [0.05, 0.1) is 15.5 Å². The van der Waals surface area contributed by atoms with Crippen molar-refractivity contribution in [2.75, 3.05) is 13.1 Å². The highest BCUT2D eigenvalue weighted by Gasteiger charge is 2.34. The van der Waals surface area contributed by atoms with Crippen molar-refractivity contribution in [3.8, 4) is 0 Å². The van der Waals surface area contributed by atoms with E-state index < -0.39 is 10.0 Å². The molecule has 1 aliphatic carbocycles. The molecule has 0 atom stereocenters. The molecule has 0 aromatic heterocycles. The Morgan fingerprint density at radius 3 is 2.57 bits per heavy atom. The summed E-state index contributed by atoms with van der Waals surface area (Å²) in [6.07, 6.45) is 2.66. The molecule has 0 saturated heterocycles. The number of halogens is 1. The number of hydrogen-bond donors (Lipinski definition) is 0. The number of hydrogen-bond acceptors (Lipinski definition) is 3. The first-order chi connectivity index (χ1) is 13.4. The Hall–Kier alpha value is -1.89. The second-order valence-corrected chi connectivity index (χ2v) is 9.67. The highest BCUT2D eigenvalue weighted by molar-refractivity contribution is 7.89. The molecule has 0 bridgehead atoms. The number of carbonyl (C=O) groups is 1. The SMILES string of the molecule is CCN(C(=O)c1cc(S(=O)(=O)N2CCc3ccccc3C2)ccc1Cl)C1CC1. The molecule has 2 aliphatic rings. The minimum Gasteiger partial charge on any atom is -0.336 e. The van der Waals surface area contributed by atoms with Gasteiger partial charge in [0.15, 0.2) is 0 Å². The van der Waals surface area contributed by atoms with Crippen LogP contribution in [-0.4, -0.2) is 42.7 Å². The molecule has 5 nitrogen and oxygen atoms in total. The number of sulfonamides is 1. The number of rotatable bonds is 5. The Kier molecular flexibility index (Phi) is 5.21. The van der Waals surface area contributed by atoms with Crippen molar-refractivity contribution in [1.29, 1.82) is 0 Å². The highest BCUT2D eigenvalue weighted by Crippen LogP contribution is 2.31. The largest absolute Gasteiger partial charge is 0.336 e. The number of nitrogens with zero attached hydrogens (tertiary/aromatic N) is 2. The van der Waals surface area contributed by atoms with Crippen LogP contribution in [0.2, 0.25) is 5.02 Å². The van der Waals surface area contributed by atoms with Crippen molar-refractivity contribution < 1.29 is 13.2 Å². The highest BCUT2D eigenvalue weighted by atomic mass is 35.5. The second kappa shape index (κ2) is 7.50. The van der Waals surface area contributed by atoms with Crippen molar-refractivity contribution in [1.82, 2.24) is 9.21 Å². The lowest BCUT2D eigenvalue weighted by Gasteiger charge is -2.28. The van der Waals surface area contributed by atoms with Crippen molar-refractivity contribution in [2.45, 2.75) is 43.7 Å². The van der Waals surface area contributed by atoms with Gasteiger partial charge in [0, 0.05) is 25.7 Å². The van der Waals surface area contributed by atoms with Crippen LogP contribution in [0, 0.1) is 0 Å². The van der Waals surface area contributed by atoms with Crippen LogP contribution < -0.4 is 0 Å². The molecule has 4 rings (SSSR count). The molecule has 0 radical (unpaired) electrons. The maximum Gasteiger partial charge on any atom is 0.255 e. The first-order valence-corrected chi connectivity index (χ1v) is 11.4. The summed E-state index contributed by atoms with van der Waals surface area (Å²) in [6.45, 7) is 3.28. The minimum absolute atomic E-state index is 0.117. The van der Waals surface area contributed by atoms with E-state index in [9.17, 15) is 13.2 Å². The topological polar surface area (TPSA) is 57.7 Å². The van der Waals surface area contributed by atoms with Crippen LogP contribution in [0.4, 0.5) is 0 Å². The summed E-state index contributed by atoms with van der Waals surface area (Å²) in [5.41, 5.74) is 2.46. The third kappa shape index (κ3) is 3.56. The summed E-state index contributed by atoms with van der Waals surface area (Å²) < 4.78 is 27.9. The summed E-state index contributed by atoms with van der Waals surface area (Å²) in [4.78, 5) is 14.8. The van der Waals surface area contributed by atoms with Crippen LogP contribution in [0.15, 0.2) is 47.4 Å². The van der Waals surface area contributed by atoms with Gasteiger partial charge < -0.3 is 4.90 Å². The van der Waals surface area contributed by atoms with Crippen LogP contribution >= 0.6 is 11.6 Å². The van der Waals surface area contributed by atoms with Gasteiger partial charge >= 0.3 is 0 Å². The molecule has 1 amide bonds. The van der Waals surface area contributed by atoms with Gasteiger partial charge in [-0.15, -0.1) is 0 Å². The van der Waals surface area contributed by atoms with E-state index in [4.69, 9.17) is 11.6 Å². The molecular weight excluding hydrogens is 396 g/mol. The zero-order chi connectivity index (χ0) is 19.9. The van der Waals surface area contributed by atoms with Crippen LogP contribution in [0.3, 0.4) is 0 Å². The molecule has 7 heteroatoms. The molecule has 1 aliphatic heterocycles. The first kappa shape index (κ1) is 19.4. The van der Waals surface area contributed by atoms with Crippen LogP contribution in [0.5, 0.6) is 0 Å². The lowest BCUT2D eigenvalue weighted by molar-refractivity contribution is 0.0752. The molecule has 148 valence electrons. The zero-order valence-corrected chi connectivity index (χ0v) is 17.3. The van der Waals surface area contributed by atoms with Crippen LogP contribution in [0.1, 0.15) is 41.3 Å². The Morgan fingerprint density at radius 1 is 1.18 bits per heavy atom. The molecular formula is C21H23ClN2O3S. The zero-order valence-electron chi connectivity index (χ0n) is 15.8. The van der Waals surface area contributed by atoms with Gasteiger partial charge in [-0.1, -0.05) is 35.9 Å². The molecule has 1 fully saturated rings. The van der Waals surface area contributed by atoms with E-state index in [-0.39, 0.29) is 27.4 Å². The van der Waals surface area contributed by atoms with Crippen LogP contribution in [0.25, 0.3) is 0 Å². The Balaban J connectivity index is 1.64. The van der Waals surface area contributed by atoms with E-state index in [1.54, 1.807) is 4.90 Å². The molecule has 2 aromatic rings. The standard InChI is InChI=1S/C21H23ClN2O3S/c1-2-24(17-7-8-17)21(25)19-13-18(9-10-20(19)22)28(26,27)23-12-11-15-5-3-4-6-16(15)14-23/h3-6,9-10,13,17H,2,7-8,11-12,14H2,1H3. The quantitative estimate of drug-likeness (QED) is 0.743. The number of amides is 1. The number of fused-ring (bicyclic) bond motifs is 1. The summed E-state index contributed by atoms with van der Waals surface area (Å²) in [7, 11) is -3.71. The number of carbonyl (C=O) groups excluding carboxylic acids is 1. The maximum absolute atomic E-state index is 13.2. The summed E-state index contributed by atoms with van der Waals surface area (Å²) >= 11 is 6.26. The van der Waals surface area contributed by atoms with Gasteiger partial charge in [0.2, 0.25) is 10.0 Å². The van der Waals surface area contributed by atoms with Crippen molar-refractivity contribution >= 4 is 27.5 Å². The van der Waals surface area contributed by atoms with Gasteiger partial charge in [-0.3, -0.25) is 4.79 Å². The Morgan fingerprint density at radius 2 is 1.89 bits per heavy atom. The van der Waals surface area contributed by atoms with Crippen molar-refractivity contribution in [2.24, 2.45) is 0 Å². The molecule has 0 N–H and O–H groups in total. The van der Waals surface area contributed by atoms with Gasteiger partial charge in [0.1, 0.15) is 0 Å². The second-order valence-electron chi connectivity index (χ2n) is 7.32. The fourth-order valence-corrected chi connectivity index (χ4v) is 5.41. The van der Waals surface area contributed by atoms with E-state index >= 15 is 0 Å². The third-order valence-electron chi connectivity index (χ3n) is 5.49. The lowest BCUT2D eigenvalue weighted by Crippen LogP contribution is -2.36. The summed E-state index contributed by atoms with van der Waals surface area (Å²) in [5, 5.41) is 0.284. The van der Waals surface area contributed by atoms with E-state index in [1.807, 2.05) is 31.2 Å². The third-order valence-corrected chi connectivity index (χ3v) is 7.66. The molecule has 28 heavy (non-hydrogen) atoms. The number of benzene rings is 2. The molecule has 1 saturated carbocycles. The van der Waals surface area contributed by atoms with E-state index in [0.29, 0.717) is 26.1 Å². The lowest BCUT2D eigenvalue weighted by atomic mass is 10.0. The van der Waals surface area contributed by atoms with Gasteiger partial charge in [-0.25, -0.2) is 8.42 Å². The van der Waals surface area contributed by atoms with Gasteiger partial charge in [-0.05, 0) is 55.5 Å². The van der Waals surface area contributed by atoms with E-state index in [0.717, 1.165) is 18.4 Å². The molecule has 0 spiro atoms. The fraction of sp³-hybridized carbons (Fsp3) is 0.381. The van der Waals surface area contributed by atoms with Crippen molar-refractivity contribution in [3.05, 3.63) is 64.2 Å². The maximum atomic E-state index is 13.2. The summed E-state index contributed by atoms with van der Waals surface area (Å²) in [6, 6.07) is 12.6. The summed E-state index contributed by atoms with van der Waals surface area (Å²) in [5.74, 6) is -0.198. The van der Waals surface area contributed by atoms with Crippen LogP contribution in [-0.2, 0) is 23.0 Å². The van der Waals surface area contributed by atoms with E-state index in [2.05, 4.69) is 0 Å². The monoisotopic (exact) mass is 418 g/mol. The Bertz CT molecular complexity index is 1020.